The van der Waals surface area contributed by atoms with E-state index in [9.17, 15) is 17.2 Å². The van der Waals surface area contributed by atoms with Gasteiger partial charge in [-0.3, -0.25) is 4.72 Å². The van der Waals surface area contributed by atoms with Crippen molar-refractivity contribution in [2.75, 3.05) is 4.72 Å². The molecule has 0 unspecified atom stereocenters. The van der Waals surface area contributed by atoms with Crippen molar-refractivity contribution in [1.82, 2.24) is 0 Å². The summed E-state index contributed by atoms with van der Waals surface area (Å²) in [7, 11) is -3.91. The van der Waals surface area contributed by atoms with Crippen LogP contribution in [0.1, 0.15) is 0 Å². The number of benzene rings is 1. The second kappa shape index (κ2) is 5.47. The van der Waals surface area contributed by atoms with E-state index in [2.05, 4.69) is 36.6 Å². The van der Waals surface area contributed by atoms with Crippen LogP contribution in [0.5, 0.6) is 0 Å². The Morgan fingerprint density at radius 2 is 1.79 bits per heavy atom. The number of thiophene rings is 1. The Morgan fingerprint density at radius 1 is 1.11 bits per heavy atom. The van der Waals surface area contributed by atoms with Gasteiger partial charge in [-0.2, -0.15) is 0 Å². The van der Waals surface area contributed by atoms with Crippen molar-refractivity contribution in [3.05, 3.63) is 44.2 Å². The molecule has 1 heterocycles. The molecule has 0 fully saturated rings. The summed E-state index contributed by atoms with van der Waals surface area (Å²) < 4.78 is 53.1. The van der Waals surface area contributed by atoms with E-state index in [1.54, 1.807) is 11.4 Å². The van der Waals surface area contributed by atoms with Crippen LogP contribution in [0.4, 0.5) is 14.5 Å². The summed E-state index contributed by atoms with van der Waals surface area (Å²) in [4.78, 5) is 0. The van der Waals surface area contributed by atoms with E-state index in [0.717, 1.165) is 17.4 Å². The number of sulfonamides is 1. The van der Waals surface area contributed by atoms with Gasteiger partial charge in [-0.1, -0.05) is 0 Å². The summed E-state index contributed by atoms with van der Waals surface area (Å²) >= 11 is 6.94. The van der Waals surface area contributed by atoms with Crippen molar-refractivity contribution in [3.63, 3.8) is 0 Å². The number of anilines is 1. The molecule has 1 N–H and O–H groups in total. The first-order valence-corrected chi connectivity index (χ1v) is 8.66. The van der Waals surface area contributed by atoms with Crippen LogP contribution in [0, 0.1) is 11.6 Å². The third-order valence-electron chi connectivity index (χ3n) is 2.08. The van der Waals surface area contributed by atoms with Crippen molar-refractivity contribution >= 4 is 58.9 Å². The predicted octanol–water partition coefficient (Wildman–Crippen LogP) is 4.35. The largest absolute Gasteiger partial charge is 0.276 e. The van der Waals surface area contributed by atoms with Gasteiger partial charge in [-0.15, -0.1) is 11.3 Å². The first-order chi connectivity index (χ1) is 8.81. The van der Waals surface area contributed by atoms with Gasteiger partial charge in [0.1, 0.15) is 11.6 Å². The quantitative estimate of drug-likeness (QED) is 0.732. The Kier molecular flexibility index (Phi) is 4.29. The molecule has 1 aromatic heterocycles. The second-order valence-corrected chi connectivity index (χ2v) is 7.91. The molecule has 0 saturated carbocycles. The average Bonchev–Trinajstić information content (AvgIpc) is 2.73. The molecule has 2 aromatic rings. The van der Waals surface area contributed by atoms with Crippen LogP contribution in [0.2, 0.25) is 0 Å². The lowest BCUT2D eigenvalue weighted by Gasteiger charge is -2.08. The standard InChI is InChI=1S/C10H5Br2F2NO2S2/c11-5-1-2-18-10(5)19(16,17)15-9-3-6(12)7(13)4-8(9)14/h1-4,15H. The maximum atomic E-state index is 13.5. The zero-order valence-electron chi connectivity index (χ0n) is 8.95. The second-order valence-electron chi connectivity index (χ2n) is 3.41. The van der Waals surface area contributed by atoms with Gasteiger partial charge in [0.05, 0.1) is 10.2 Å². The van der Waals surface area contributed by atoms with Crippen LogP contribution in [-0.2, 0) is 10.0 Å². The van der Waals surface area contributed by atoms with Gasteiger partial charge < -0.3 is 0 Å². The van der Waals surface area contributed by atoms with Crippen LogP contribution in [0.3, 0.4) is 0 Å². The highest BCUT2D eigenvalue weighted by molar-refractivity contribution is 9.10. The summed E-state index contributed by atoms with van der Waals surface area (Å²) in [6, 6.07) is 3.20. The minimum absolute atomic E-state index is 0.0207. The van der Waals surface area contributed by atoms with Crippen LogP contribution in [0.15, 0.2) is 36.7 Å². The molecule has 19 heavy (non-hydrogen) atoms. The van der Waals surface area contributed by atoms with E-state index >= 15 is 0 Å². The van der Waals surface area contributed by atoms with Gasteiger partial charge >= 0.3 is 0 Å². The molecule has 0 radical (unpaired) electrons. The molecule has 0 aliphatic carbocycles. The van der Waals surface area contributed by atoms with E-state index in [0.29, 0.717) is 10.5 Å². The Labute approximate surface area is 129 Å². The van der Waals surface area contributed by atoms with E-state index < -0.39 is 21.7 Å². The van der Waals surface area contributed by atoms with Gasteiger partial charge in [0, 0.05) is 10.5 Å². The summed E-state index contributed by atoms with van der Waals surface area (Å²) in [5.41, 5.74) is -0.325. The van der Waals surface area contributed by atoms with E-state index in [4.69, 9.17) is 0 Å². The lowest BCUT2D eigenvalue weighted by atomic mass is 10.3. The highest BCUT2D eigenvalue weighted by Crippen LogP contribution is 2.31. The Bertz CT molecular complexity index is 731. The van der Waals surface area contributed by atoms with Crippen LogP contribution >= 0.6 is 43.2 Å². The number of rotatable bonds is 3. The summed E-state index contributed by atoms with van der Waals surface area (Å²) in [6.45, 7) is 0. The van der Waals surface area contributed by atoms with Gasteiger partial charge in [-0.05, 0) is 49.4 Å². The summed E-state index contributed by atoms with van der Waals surface area (Å²) in [5.74, 6) is -1.80. The van der Waals surface area contributed by atoms with Gasteiger partial charge in [-0.25, -0.2) is 17.2 Å². The minimum Gasteiger partial charge on any atom is -0.276 e. The lowest BCUT2D eigenvalue weighted by molar-refractivity contribution is 0.579. The van der Waals surface area contributed by atoms with Crippen molar-refractivity contribution in [2.45, 2.75) is 4.21 Å². The van der Waals surface area contributed by atoms with Crippen molar-refractivity contribution < 1.29 is 17.2 Å². The SMILES string of the molecule is O=S(=O)(Nc1cc(Br)c(F)cc1F)c1sccc1Br. The Hall–Kier alpha value is -0.510. The number of halogens is 4. The minimum atomic E-state index is -3.91. The molecule has 0 saturated heterocycles. The fourth-order valence-corrected chi connectivity index (χ4v) is 5.00. The highest BCUT2D eigenvalue weighted by atomic mass is 79.9. The molecule has 9 heteroatoms. The fourth-order valence-electron chi connectivity index (χ4n) is 1.26. The average molecular weight is 433 g/mol. The third-order valence-corrected chi connectivity index (χ3v) is 6.73. The van der Waals surface area contributed by atoms with Crippen molar-refractivity contribution in [2.24, 2.45) is 0 Å². The van der Waals surface area contributed by atoms with Gasteiger partial charge in [0.2, 0.25) is 0 Å². The maximum absolute atomic E-state index is 13.5. The number of hydrogen-bond acceptors (Lipinski definition) is 3. The molecule has 0 aliphatic rings. The molecule has 102 valence electrons. The Morgan fingerprint density at radius 3 is 2.37 bits per heavy atom. The molecule has 0 spiro atoms. The molecule has 1 aromatic carbocycles. The number of nitrogens with one attached hydrogen (secondary N) is 1. The zero-order chi connectivity index (χ0) is 14.2. The normalized spacial score (nSPS) is 11.6. The van der Waals surface area contributed by atoms with Gasteiger partial charge in [0.25, 0.3) is 10.0 Å². The molecule has 0 aliphatic heterocycles. The molecular formula is C10H5Br2F2NO2S2. The van der Waals surface area contributed by atoms with E-state index in [1.807, 2.05) is 0 Å². The maximum Gasteiger partial charge on any atom is 0.272 e. The summed E-state index contributed by atoms with van der Waals surface area (Å²) in [6.07, 6.45) is 0. The summed E-state index contributed by atoms with van der Waals surface area (Å²) in [5, 5.41) is 1.58. The molecular weight excluding hydrogens is 428 g/mol. The topological polar surface area (TPSA) is 46.2 Å². The third kappa shape index (κ3) is 3.15. The first-order valence-electron chi connectivity index (χ1n) is 4.71. The number of hydrogen-bond donors (Lipinski definition) is 1. The molecule has 3 nitrogen and oxygen atoms in total. The van der Waals surface area contributed by atoms with Crippen LogP contribution in [0.25, 0.3) is 0 Å². The predicted molar refractivity (Wildman–Crippen MR) is 76.9 cm³/mol. The highest BCUT2D eigenvalue weighted by Gasteiger charge is 2.21. The van der Waals surface area contributed by atoms with E-state index in [1.165, 1.54) is 0 Å². The monoisotopic (exact) mass is 431 g/mol. The first kappa shape index (κ1) is 14.9. The zero-order valence-corrected chi connectivity index (χ0v) is 13.8. The molecule has 0 atom stereocenters. The van der Waals surface area contributed by atoms with Crippen molar-refractivity contribution in [1.29, 1.82) is 0 Å². The van der Waals surface area contributed by atoms with Crippen LogP contribution < -0.4 is 4.72 Å². The fraction of sp³-hybridized carbons (Fsp3) is 0. The van der Waals surface area contributed by atoms with E-state index in [-0.39, 0.29) is 14.4 Å². The Balaban J connectivity index is 2.42. The smallest absolute Gasteiger partial charge is 0.272 e. The van der Waals surface area contributed by atoms with Crippen LogP contribution in [-0.4, -0.2) is 8.42 Å². The van der Waals surface area contributed by atoms with Crippen molar-refractivity contribution in [3.8, 4) is 0 Å². The van der Waals surface area contributed by atoms with Gasteiger partial charge in [0.15, 0.2) is 4.21 Å². The molecule has 2 rings (SSSR count). The molecule has 0 amide bonds. The molecule has 0 bridgehead atoms. The lowest BCUT2D eigenvalue weighted by Crippen LogP contribution is -2.13.